The molecule has 12 heavy (non-hydrogen) atoms. The zero-order valence-corrected chi connectivity index (χ0v) is 11.5. The number of benzene rings is 1. The predicted octanol–water partition coefficient (Wildman–Crippen LogP) is 3.91. The summed E-state index contributed by atoms with van der Waals surface area (Å²) in [6.45, 7) is 4.70. The zero-order valence-electron chi connectivity index (χ0n) is 7.22. The quantitative estimate of drug-likeness (QED) is 0.574. The number of halogens is 2. The summed E-state index contributed by atoms with van der Waals surface area (Å²) in [5.41, 5.74) is 1.40. The second kappa shape index (κ2) is 4.58. The minimum atomic E-state index is -0.606. The van der Waals surface area contributed by atoms with Crippen molar-refractivity contribution in [2.24, 2.45) is 0 Å². The molecule has 0 aliphatic heterocycles. The lowest BCUT2D eigenvalue weighted by molar-refractivity contribution is 1.33. The average Bonchev–Trinajstić information content (AvgIpc) is 2.04. The summed E-state index contributed by atoms with van der Waals surface area (Å²) < 4.78 is 1.75. The van der Waals surface area contributed by atoms with Crippen molar-refractivity contribution < 1.29 is 0 Å². The first-order chi connectivity index (χ1) is 5.61. The summed E-state index contributed by atoms with van der Waals surface area (Å²) in [5, 5.41) is 0. The fourth-order valence-electron chi connectivity index (χ4n) is 1.03. The lowest BCUT2D eigenvalue weighted by Crippen LogP contribution is -2.09. The van der Waals surface area contributed by atoms with Crippen molar-refractivity contribution in [2.75, 3.05) is 0 Å². The van der Waals surface area contributed by atoms with E-state index in [1.165, 1.54) is 5.56 Å². The van der Waals surface area contributed by atoms with Crippen LogP contribution in [0.2, 0.25) is 13.1 Å². The van der Waals surface area contributed by atoms with Crippen molar-refractivity contribution in [3.8, 4) is 0 Å². The smallest absolute Gasteiger partial charge is 0.0521 e. The predicted molar refractivity (Wildman–Crippen MR) is 64.7 cm³/mol. The fourth-order valence-corrected chi connectivity index (χ4v) is 2.59. The lowest BCUT2D eigenvalue weighted by atomic mass is 10.2. The Kier molecular flexibility index (Phi) is 4.00. The van der Waals surface area contributed by atoms with Crippen molar-refractivity contribution in [3.05, 3.63) is 34.3 Å². The maximum atomic E-state index is 3.72. The fraction of sp³-hybridized carbons (Fsp3) is 0.333. The molecule has 0 nitrogen and oxygen atoms in total. The van der Waals surface area contributed by atoms with E-state index in [2.05, 4.69) is 69.2 Å². The molecule has 0 bridgehead atoms. The molecule has 1 atom stereocenters. The third-order valence-electron chi connectivity index (χ3n) is 1.77. The summed E-state index contributed by atoms with van der Waals surface area (Å²) in [6, 6.07) is 8.55. The van der Waals surface area contributed by atoms with E-state index in [-0.39, 0.29) is 0 Å². The molecule has 0 saturated carbocycles. The first-order valence-corrected chi connectivity index (χ1v) is 8.69. The van der Waals surface area contributed by atoms with Gasteiger partial charge in [0.05, 0.1) is 8.80 Å². The maximum absolute atomic E-state index is 3.72. The molecule has 1 rings (SSSR count). The van der Waals surface area contributed by atoms with Gasteiger partial charge in [-0.1, -0.05) is 57.1 Å². The normalized spacial score (nSPS) is 13.4. The molecule has 0 saturated heterocycles. The van der Waals surface area contributed by atoms with Crippen LogP contribution >= 0.6 is 31.9 Å². The molecular formula is C9H12Br2Si. The Morgan fingerprint density at radius 1 is 1.17 bits per heavy atom. The van der Waals surface area contributed by atoms with E-state index in [0.717, 1.165) is 4.47 Å². The van der Waals surface area contributed by atoms with Gasteiger partial charge >= 0.3 is 0 Å². The lowest BCUT2D eigenvalue weighted by Gasteiger charge is -2.12. The molecule has 0 aromatic heterocycles. The van der Waals surface area contributed by atoms with Crippen LogP contribution in [0, 0.1) is 0 Å². The zero-order chi connectivity index (χ0) is 9.14. The van der Waals surface area contributed by atoms with E-state index in [0.29, 0.717) is 4.45 Å². The highest BCUT2D eigenvalue weighted by atomic mass is 79.9. The monoisotopic (exact) mass is 306 g/mol. The molecule has 0 amide bonds. The van der Waals surface area contributed by atoms with Crippen LogP contribution in [0.15, 0.2) is 28.7 Å². The molecule has 0 aliphatic carbocycles. The number of alkyl halides is 1. The Balaban J connectivity index is 2.82. The Labute approximate surface area is 92.2 Å². The molecule has 1 aromatic rings. The van der Waals surface area contributed by atoms with E-state index in [9.17, 15) is 0 Å². The van der Waals surface area contributed by atoms with Crippen LogP contribution in [-0.2, 0) is 0 Å². The van der Waals surface area contributed by atoms with Crippen molar-refractivity contribution in [1.82, 2.24) is 0 Å². The van der Waals surface area contributed by atoms with Gasteiger partial charge in [-0.2, -0.15) is 0 Å². The topological polar surface area (TPSA) is 0 Å². The van der Waals surface area contributed by atoms with Crippen molar-refractivity contribution >= 4 is 40.7 Å². The molecule has 3 heteroatoms. The molecule has 1 unspecified atom stereocenters. The summed E-state index contributed by atoms with van der Waals surface area (Å²) in [7, 11) is -0.606. The van der Waals surface area contributed by atoms with E-state index < -0.39 is 8.80 Å². The van der Waals surface area contributed by atoms with E-state index in [1.807, 2.05) is 0 Å². The summed E-state index contributed by atoms with van der Waals surface area (Å²) >= 11 is 7.15. The molecule has 0 N–H and O–H groups in total. The van der Waals surface area contributed by atoms with Gasteiger partial charge in [-0.05, 0) is 17.7 Å². The Morgan fingerprint density at radius 2 is 1.67 bits per heavy atom. The third kappa shape index (κ3) is 2.71. The number of rotatable bonds is 2. The van der Waals surface area contributed by atoms with Crippen LogP contribution in [0.1, 0.15) is 10.0 Å². The van der Waals surface area contributed by atoms with Crippen molar-refractivity contribution in [1.29, 1.82) is 0 Å². The second-order valence-electron chi connectivity index (χ2n) is 3.20. The van der Waals surface area contributed by atoms with Gasteiger partial charge in [0.25, 0.3) is 0 Å². The Hall–Kier alpha value is 0.397. The van der Waals surface area contributed by atoms with E-state index >= 15 is 0 Å². The average molecular weight is 308 g/mol. The van der Waals surface area contributed by atoms with Gasteiger partial charge in [0, 0.05) is 8.92 Å². The molecule has 1 aromatic carbocycles. The van der Waals surface area contributed by atoms with Gasteiger partial charge in [-0.15, -0.1) is 0 Å². The molecule has 66 valence electrons. The van der Waals surface area contributed by atoms with Crippen LogP contribution in [0.4, 0.5) is 0 Å². The van der Waals surface area contributed by atoms with Gasteiger partial charge in [-0.3, -0.25) is 0 Å². The second-order valence-corrected chi connectivity index (χ2v) is 9.23. The first kappa shape index (κ1) is 10.5. The maximum Gasteiger partial charge on any atom is 0.0521 e. The van der Waals surface area contributed by atoms with Crippen LogP contribution in [0.25, 0.3) is 0 Å². The van der Waals surface area contributed by atoms with Gasteiger partial charge in [0.15, 0.2) is 0 Å². The minimum absolute atomic E-state index is 0.602. The van der Waals surface area contributed by atoms with Crippen LogP contribution < -0.4 is 0 Å². The Morgan fingerprint density at radius 3 is 2.08 bits per heavy atom. The van der Waals surface area contributed by atoms with Crippen LogP contribution in [0.3, 0.4) is 0 Å². The molecular weight excluding hydrogens is 296 g/mol. The van der Waals surface area contributed by atoms with Crippen molar-refractivity contribution in [3.63, 3.8) is 0 Å². The Bertz CT molecular complexity index is 243. The van der Waals surface area contributed by atoms with E-state index in [4.69, 9.17) is 0 Å². The van der Waals surface area contributed by atoms with Crippen LogP contribution in [0.5, 0.6) is 0 Å². The highest BCUT2D eigenvalue weighted by Crippen LogP contribution is 2.26. The summed E-state index contributed by atoms with van der Waals surface area (Å²) in [4.78, 5) is 0. The highest BCUT2D eigenvalue weighted by molar-refractivity contribution is 9.10. The largest absolute Gasteiger partial charge is 0.0878 e. The number of hydrogen-bond acceptors (Lipinski definition) is 0. The number of hydrogen-bond donors (Lipinski definition) is 0. The van der Waals surface area contributed by atoms with Crippen LogP contribution in [-0.4, -0.2) is 8.80 Å². The summed E-state index contributed by atoms with van der Waals surface area (Å²) in [5.74, 6) is 0. The van der Waals surface area contributed by atoms with Gasteiger partial charge in [-0.25, -0.2) is 0 Å². The summed E-state index contributed by atoms with van der Waals surface area (Å²) in [6.07, 6.45) is 0. The molecule has 0 spiro atoms. The first-order valence-electron chi connectivity index (χ1n) is 4.01. The highest BCUT2D eigenvalue weighted by Gasteiger charge is 2.11. The standard InChI is InChI=1S/C9H12Br2Si/c1-12(2)9(11)7-3-5-8(10)6-4-7/h3-6,9,12H,1-2H3. The minimum Gasteiger partial charge on any atom is -0.0878 e. The van der Waals surface area contributed by atoms with Gasteiger partial charge < -0.3 is 0 Å². The molecule has 0 radical (unpaired) electrons. The SMILES string of the molecule is C[SiH](C)C(Br)c1ccc(Br)cc1. The third-order valence-corrected chi connectivity index (χ3v) is 7.56. The molecule has 0 fully saturated rings. The van der Waals surface area contributed by atoms with Crippen molar-refractivity contribution in [2.45, 2.75) is 17.5 Å². The van der Waals surface area contributed by atoms with E-state index in [1.54, 1.807) is 0 Å². The molecule has 0 heterocycles. The molecule has 0 aliphatic rings. The van der Waals surface area contributed by atoms with Gasteiger partial charge in [0.2, 0.25) is 0 Å². The van der Waals surface area contributed by atoms with Gasteiger partial charge in [0.1, 0.15) is 0 Å².